The van der Waals surface area contributed by atoms with Gasteiger partial charge in [-0.25, -0.2) is 0 Å². The van der Waals surface area contributed by atoms with Crippen molar-refractivity contribution in [3.8, 4) is 0 Å². The molecule has 0 spiro atoms. The first-order valence-corrected chi connectivity index (χ1v) is 12.1. The Hall–Kier alpha value is -2.32. The van der Waals surface area contributed by atoms with E-state index in [0.29, 0.717) is 6.42 Å². The summed E-state index contributed by atoms with van der Waals surface area (Å²) in [5.74, 6) is -2.51. The zero-order valence-electron chi connectivity index (χ0n) is 20.0. The highest BCUT2D eigenvalue weighted by molar-refractivity contribution is 6.01. The van der Waals surface area contributed by atoms with E-state index in [4.69, 9.17) is 9.84 Å². The number of fused-ring (bicyclic) bond motifs is 5. The molecule has 8 atom stereocenters. The molecule has 4 aliphatic carbocycles. The molecule has 34 heavy (non-hydrogen) atoms. The van der Waals surface area contributed by atoms with E-state index in [9.17, 15) is 29.4 Å². The first-order chi connectivity index (χ1) is 15.8. The van der Waals surface area contributed by atoms with Gasteiger partial charge >= 0.3 is 11.9 Å². The standard InChI is InChI=1S/C26H34O8/c1-14-10-16-17-7-9-26(33,20(29)13-34-22(32)5-4-21(30)31)25(17,3)12-19(28)23(16)24(2)8-6-15(27)11-18(14)24/h6,8,11,14,16-17,19,23,28,33H,4-5,7,9-10,12-13H2,1-3H3,(H,30,31)/t14-,16+,17+,19+,23-,24-,25-,26+/m0/s1. The maximum atomic E-state index is 13.1. The second-order valence-electron chi connectivity index (χ2n) is 11.1. The lowest BCUT2D eigenvalue weighted by atomic mass is 9.45. The van der Waals surface area contributed by atoms with Crippen LogP contribution in [0.2, 0.25) is 0 Å². The van der Waals surface area contributed by atoms with Crippen molar-refractivity contribution in [2.75, 3.05) is 6.61 Å². The zero-order chi connectivity index (χ0) is 25.1. The number of carbonyl (C=O) groups excluding carboxylic acids is 3. The van der Waals surface area contributed by atoms with Crippen molar-refractivity contribution in [1.82, 2.24) is 0 Å². The number of hydrogen-bond acceptors (Lipinski definition) is 7. The quantitative estimate of drug-likeness (QED) is 0.498. The molecule has 3 saturated carbocycles. The van der Waals surface area contributed by atoms with Crippen LogP contribution in [0.4, 0.5) is 0 Å². The van der Waals surface area contributed by atoms with Gasteiger partial charge in [-0.3, -0.25) is 19.2 Å². The maximum Gasteiger partial charge on any atom is 0.306 e. The van der Waals surface area contributed by atoms with E-state index in [2.05, 4.69) is 13.8 Å². The summed E-state index contributed by atoms with van der Waals surface area (Å²) in [6.45, 7) is 5.40. The molecule has 0 aromatic carbocycles. The Morgan fingerprint density at radius 1 is 1.21 bits per heavy atom. The van der Waals surface area contributed by atoms with E-state index in [-0.39, 0.29) is 55.1 Å². The van der Waals surface area contributed by atoms with Crippen LogP contribution >= 0.6 is 0 Å². The molecular weight excluding hydrogens is 440 g/mol. The van der Waals surface area contributed by atoms with Crippen LogP contribution in [-0.4, -0.2) is 57.1 Å². The molecule has 8 heteroatoms. The van der Waals surface area contributed by atoms with Crippen LogP contribution in [0.25, 0.3) is 0 Å². The molecule has 0 aromatic rings. The Labute approximate surface area is 199 Å². The molecule has 186 valence electrons. The van der Waals surface area contributed by atoms with Crippen molar-refractivity contribution in [3.63, 3.8) is 0 Å². The Morgan fingerprint density at radius 3 is 2.59 bits per heavy atom. The number of ketones is 2. The minimum Gasteiger partial charge on any atom is -0.481 e. The van der Waals surface area contributed by atoms with E-state index in [1.807, 2.05) is 13.0 Å². The highest BCUT2D eigenvalue weighted by Gasteiger charge is 2.68. The predicted molar refractivity (Wildman–Crippen MR) is 120 cm³/mol. The molecule has 4 aliphatic rings. The Kier molecular flexibility index (Phi) is 6.13. The lowest BCUT2D eigenvalue weighted by Gasteiger charge is -2.60. The van der Waals surface area contributed by atoms with Gasteiger partial charge in [-0.1, -0.05) is 32.4 Å². The Morgan fingerprint density at radius 2 is 1.91 bits per heavy atom. The highest BCUT2D eigenvalue weighted by atomic mass is 16.5. The number of carboxylic acid groups (broad SMARTS) is 1. The summed E-state index contributed by atoms with van der Waals surface area (Å²) in [6, 6.07) is 0. The minimum atomic E-state index is -1.74. The van der Waals surface area contributed by atoms with Crippen LogP contribution in [0.1, 0.15) is 59.3 Å². The van der Waals surface area contributed by atoms with E-state index in [0.717, 1.165) is 12.0 Å². The number of carboxylic acids is 1. The molecule has 0 aromatic heterocycles. The SMILES string of the molecule is C[C@H]1C[C@H]2[C@@H]([C@H](O)C[C@@]3(C)[C@@H]2CC[C@@]3(O)C(=O)COC(=O)CCC(=O)O)[C@@]2(C)C=CC(=O)C=C12. The Balaban J connectivity index is 1.56. The fourth-order valence-electron chi connectivity index (χ4n) is 7.76. The van der Waals surface area contributed by atoms with Gasteiger partial charge < -0.3 is 20.1 Å². The summed E-state index contributed by atoms with van der Waals surface area (Å²) in [5, 5.41) is 31.7. The Bertz CT molecular complexity index is 981. The van der Waals surface area contributed by atoms with Crippen LogP contribution in [0, 0.1) is 34.5 Å². The van der Waals surface area contributed by atoms with E-state index in [1.165, 1.54) is 0 Å². The largest absolute Gasteiger partial charge is 0.481 e. The number of aliphatic carboxylic acids is 1. The number of hydrogen-bond donors (Lipinski definition) is 3. The van der Waals surface area contributed by atoms with Gasteiger partial charge in [-0.05, 0) is 55.6 Å². The summed E-state index contributed by atoms with van der Waals surface area (Å²) in [6.07, 6.45) is 5.52. The lowest BCUT2D eigenvalue weighted by molar-refractivity contribution is -0.182. The van der Waals surface area contributed by atoms with Crippen molar-refractivity contribution < 1.29 is 39.2 Å². The lowest BCUT2D eigenvalue weighted by Crippen LogP contribution is -2.62. The summed E-state index contributed by atoms with van der Waals surface area (Å²) in [7, 11) is 0. The number of rotatable bonds is 6. The predicted octanol–water partition coefficient (Wildman–Crippen LogP) is 2.22. The second-order valence-corrected chi connectivity index (χ2v) is 11.1. The number of ether oxygens (including phenoxy) is 1. The second kappa shape index (κ2) is 8.41. The van der Waals surface area contributed by atoms with Crippen LogP contribution in [0.3, 0.4) is 0 Å². The average molecular weight is 475 g/mol. The van der Waals surface area contributed by atoms with Crippen LogP contribution in [-0.2, 0) is 23.9 Å². The molecule has 0 amide bonds. The fraction of sp³-hybridized carbons (Fsp3) is 0.692. The third-order valence-electron chi connectivity index (χ3n) is 9.34. The average Bonchev–Trinajstić information content (AvgIpc) is 3.03. The highest BCUT2D eigenvalue weighted by Crippen LogP contribution is 2.67. The number of aliphatic hydroxyl groups is 2. The molecule has 0 aliphatic heterocycles. The summed E-state index contributed by atoms with van der Waals surface area (Å²) in [4.78, 5) is 47.7. The zero-order valence-corrected chi connectivity index (χ0v) is 20.0. The molecule has 8 nitrogen and oxygen atoms in total. The third kappa shape index (κ3) is 3.66. The van der Waals surface area contributed by atoms with Crippen LogP contribution < -0.4 is 0 Å². The first kappa shape index (κ1) is 24.8. The van der Waals surface area contributed by atoms with Crippen LogP contribution in [0.5, 0.6) is 0 Å². The molecule has 0 bridgehead atoms. The number of Topliss-reactive ketones (excluding diaryl/α,β-unsaturated/α-hetero) is 1. The third-order valence-corrected chi connectivity index (χ3v) is 9.34. The van der Waals surface area contributed by atoms with Gasteiger partial charge in [-0.2, -0.15) is 0 Å². The van der Waals surface area contributed by atoms with Crippen molar-refractivity contribution in [1.29, 1.82) is 0 Å². The molecule has 4 rings (SSSR count). The molecule has 0 heterocycles. The van der Waals surface area contributed by atoms with E-state index < -0.39 is 46.9 Å². The normalized spacial score (nSPS) is 42.8. The molecule has 0 radical (unpaired) electrons. The first-order valence-electron chi connectivity index (χ1n) is 12.1. The molecule has 3 N–H and O–H groups in total. The maximum absolute atomic E-state index is 13.1. The van der Waals surface area contributed by atoms with Gasteiger partial charge in [0.1, 0.15) is 5.60 Å². The van der Waals surface area contributed by atoms with Gasteiger partial charge in [0.05, 0.1) is 18.9 Å². The fourth-order valence-corrected chi connectivity index (χ4v) is 7.76. The van der Waals surface area contributed by atoms with Crippen molar-refractivity contribution >= 4 is 23.5 Å². The van der Waals surface area contributed by atoms with Crippen molar-refractivity contribution in [2.24, 2.45) is 34.5 Å². The topological polar surface area (TPSA) is 138 Å². The monoisotopic (exact) mass is 474 g/mol. The van der Waals surface area contributed by atoms with Crippen LogP contribution in [0.15, 0.2) is 23.8 Å². The minimum absolute atomic E-state index is 0.00980. The van der Waals surface area contributed by atoms with Gasteiger partial charge in [0.15, 0.2) is 12.4 Å². The molecule has 3 fully saturated rings. The number of aliphatic hydroxyl groups excluding tert-OH is 1. The smallest absolute Gasteiger partial charge is 0.306 e. The van der Waals surface area contributed by atoms with Crippen molar-refractivity contribution in [2.45, 2.75) is 71.0 Å². The summed E-state index contributed by atoms with van der Waals surface area (Å²) < 4.78 is 4.98. The molecule has 0 unspecified atom stereocenters. The van der Waals surface area contributed by atoms with Gasteiger partial charge in [-0.15, -0.1) is 0 Å². The summed E-state index contributed by atoms with van der Waals surface area (Å²) in [5.41, 5.74) is -2.04. The number of allylic oxidation sites excluding steroid dienone is 4. The van der Waals surface area contributed by atoms with E-state index in [1.54, 1.807) is 12.2 Å². The van der Waals surface area contributed by atoms with E-state index >= 15 is 0 Å². The molecule has 0 saturated heterocycles. The number of carbonyl (C=O) groups is 4. The van der Waals surface area contributed by atoms with Gasteiger partial charge in [0, 0.05) is 16.7 Å². The van der Waals surface area contributed by atoms with Gasteiger partial charge in [0.2, 0.25) is 5.78 Å². The number of esters is 1. The van der Waals surface area contributed by atoms with Gasteiger partial charge in [0.25, 0.3) is 0 Å². The summed E-state index contributed by atoms with van der Waals surface area (Å²) >= 11 is 0. The van der Waals surface area contributed by atoms with Crippen molar-refractivity contribution in [3.05, 3.63) is 23.8 Å². The molecular formula is C26H34O8.